The summed E-state index contributed by atoms with van der Waals surface area (Å²) in [7, 11) is 0. The van der Waals surface area contributed by atoms with Crippen LogP contribution in [-0.2, 0) is 0 Å². The molecule has 1 heterocycles. The molecule has 0 radical (unpaired) electrons. The molecule has 0 atom stereocenters. The van der Waals surface area contributed by atoms with E-state index in [1.165, 1.54) is 35.2 Å². The molecule has 0 saturated heterocycles. The molecule has 0 fully saturated rings. The third-order valence-corrected chi connectivity index (χ3v) is 7.01. The summed E-state index contributed by atoms with van der Waals surface area (Å²) in [5, 5.41) is 0. The van der Waals surface area contributed by atoms with Crippen molar-refractivity contribution >= 4 is 34.7 Å². The molecule has 0 spiro atoms. The Balaban J connectivity index is 1.65. The standard InChI is InChI=1S/C25H17FO2S2/c26-20-13-11-18(12-14-20)23-15-21(24(28)19-9-5-2-6-10-19)25(30-23)29-16-22(27)17-7-3-1-4-8-17/h1-15H,16H2. The van der Waals surface area contributed by atoms with Crippen LogP contribution >= 0.6 is 23.1 Å². The van der Waals surface area contributed by atoms with Crippen molar-refractivity contribution in [3.8, 4) is 10.4 Å². The van der Waals surface area contributed by atoms with E-state index in [9.17, 15) is 14.0 Å². The molecule has 0 N–H and O–H groups in total. The van der Waals surface area contributed by atoms with Crippen molar-refractivity contribution in [2.45, 2.75) is 4.21 Å². The molecule has 0 bridgehead atoms. The number of carbonyl (C=O) groups is 2. The SMILES string of the molecule is O=C(CSc1sc(-c2ccc(F)cc2)cc1C(=O)c1ccccc1)c1ccccc1. The zero-order valence-electron chi connectivity index (χ0n) is 15.9. The van der Waals surface area contributed by atoms with Gasteiger partial charge in [0.25, 0.3) is 0 Å². The molecule has 2 nitrogen and oxygen atoms in total. The molecule has 148 valence electrons. The van der Waals surface area contributed by atoms with Gasteiger partial charge in [0.05, 0.1) is 9.96 Å². The van der Waals surface area contributed by atoms with Crippen LogP contribution in [0.5, 0.6) is 0 Å². The molecule has 30 heavy (non-hydrogen) atoms. The van der Waals surface area contributed by atoms with Crippen molar-refractivity contribution in [3.05, 3.63) is 114 Å². The summed E-state index contributed by atoms with van der Waals surface area (Å²) in [5.74, 6) is -0.146. The van der Waals surface area contributed by atoms with Gasteiger partial charge in [0.15, 0.2) is 11.6 Å². The van der Waals surface area contributed by atoms with Crippen molar-refractivity contribution in [2.24, 2.45) is 0 Å². The highest BCUT2D eigenvalue weighted by Gasteiger charge is 2.20. The highest BCUT2D eigenvalue weighted by Crippen LogP contribution is 2.39. The summed E-state index contributed by atoms with van der Waals surface area (Å²) < 4.78 is 14.1. The van der Waals surface area contributed by atoms with Crippen LogP contribution in [0.3, 0.4) is 0 Å². The monoisotopic (exact) mass is 432 g/mol. The molecule has 4 aromatic rings. The van der Waals surface area contributed by atoms with Gasteiger partial charge in [-0.2, -0.15) is 0 Å². The second-order valence-electron chi connectivity index (χ2n) is 6.59. The van der Waals surface area contributed by atoms with E-state index in [0.717, 1.165) is 14.6 Å². The van der Waals surface area contributed by atoms with Crippen molar-refractivity contribution in [1.29, 1.82) is 0 Å². The molecule has 5 heteroatoms. The fourth-order valence-corrected chi connectivity index (χ4v) is 5.29. The number of halogens is 1. The number of hydrogen-bond acceptors (Lipinski definition) is 4. The predicted octanol–water partition coefficient (Wildman–Crippen LogP) is 6.76. The lowest BCUT2D eigenvalue weighted by Gasteiger charge is -2.03. The first kappa shape index (κ1) is 20.3. The van der Waals surface area contributed by atoms with Gasteiger partial charge in [-0.3, -0.25) is 9.59 Å². The highest BCUT2D eigenvalue weighted by atomic mass is 32.2. The van der Waals surface area contributed by atoms with Crippen LogP contribution < -0.4 is 0 Å². The highest BCUT2D eigenvalue weighted by molar-refractivity contribution is 8.01. The Kier molecular flexibility index (Phi) is 6.21. The number of hydrogen-bond donors (Lipinski definition) is 0. The van der Waals surface area contributed by atoms with Crippen molar-refractivity contribution < 1.29 is 14.0 Å². The topological polar surface area (TPSA) is 34.1 Å². The Bertz CT molecular complexity index is 1170. The number of thioether (sulfide) groups is 1. The van der Waals surface area contributed by atoms with Gasteiger partial charge in [-0.15, -0.1) is 23.1 Å². The molecule has 0 aliphatic rings. The van der Waals surface area contributed by atoms with Crippen LogP contribution in [0.4, 0.5) is 4.39 Å². The summed E-state index contributed by atoms with van der Waals surface area (Å²) in [6.45, 7) is 0. The maximum atomic E-state index is 13.3. The Labute approximate surface area is 182 Å². The molecular weight excluding hydrogens is 415 g/mol. The summed E-state index contributed by atoms with van der Waals surface area (Å²) in [6, 6.07) is 26.2. The minimum atomic E-state index is -0.307. The van der Waals surface area contributed by atoms with Gasteiger partial charge < -0.3 is 0 Å². The lowest BCUT2D eigenvalue weighted by atomic mass is 10.1. The molecule has 0 unspecified atom stereocenters. The van der Waals surface area contributed by atoms with Crippen LogP contribution in [0.1, 0.15) is 26.3 Å². The third-order valence-electron chi connectivity index (χ3n) is 4.54. The Morgan fingerprint density at radius 3 is 2.03 bits per heavy atom. The van der Waals surface area contributed by atoms with E-state index in [2.05, 4.69) is 0 Å². The number of thiophene rings is 1. The minimum absolute atomic E-state index is 0.00967. The number of carbonyl (C=O) groups excluding carboxylic acids is 2. The van der Waals surface area contributed by atoms with Crippen molar-refractivity contribution in [3.63, 3.8) is 0 Å². The lowest BCUT2D eigenvalue weighted by Crippen LogP contribution is -2.04. The van der Waals surface area contributed by atoms with Crippen LogP contribution in [0.15, 0.2) is 95.2 Å². The van der Waals surface area contributed by atoms with E-state index in [1.54, 1.807) is 36.4 Å². The number of benzene rings is 3. The summed E-state index contributed by atoms with van der Waals surface area (Å²) in [5.41, 5.74) is 2.65. The summed E-state index contributed by atoms with van der Waals surface area (Å²) in [4.78, 5) is 26.5. The molecule has 0 aliphatic heterocycles. The predicted molar refractivity (Wildman–Crippen MR) is 121 cm³/mol. The van der Waals surface area contributed by atoms with Gasteiger partial charge >= 0.3 is 0 Å². The zero-order valence-corrected chi connectivity index (χ0v) is 17.5. The lowest BCUT2D eigenvalue weighted by molar-refractivity contribution is 0.101. The third kappa shape index (κ3) is 4.58. The second-order valence-corrected chi connectivity index (χ2v) is 8.89. The molecule has 1 aromatic heterocycles. The number of rotatable bonds is 7. The summed E-state index contributed by atoms with van der Waals surface area (Å²) in [6.07, 6.45) is 0. The number of ketones is 2. The molecule has 0 amide bonds. The van der Waals surface area contributed by atoms with Gasteiger partial charge in [0.1, 0.15) is 5.82 Å². The van der Waals surface area contributed by atoms with Gasteiger partial charge in [-0.25, -0.2) is 4.39 Å². The van der Waals surface area contributed by atoms with E-state index in [4.69, 9.17) is 0 Å². The van der Waals surface area contributed by atoms with Gasteiger partial charge in [-0.05, 0) is 23.8 Å². The normalized spacial score (nSPS) is 10.7. The van der Waals surface area contributed by atoms with Crippen LogP contribution in [0.25, 0.3) is 10.4 Å². The zero-order chi connectivity index (χ0) is 20.9. The van der Waals surface area contributed by atoms with Crippen LogP contribution in [0, 0.1) is 5.82 Å². The van der Waals surface area contributed by atoms with E-state index < -0.39 is 0 Å². The first-order chi connectivity index (χ1) is 14.6. The Hall–Kier alpha value is -3.02. The minimum Gasteiger partial charge on any atom is -0.293 e. The van der Waals surface area contributed by atoms with Crippen LogP contribution in [-0.4, -0.2) is 17.3 Å². The quantitative estimate of drug-likeness (QED) is 0.239. The maximum Gasteiger partial charge on any atom is 0.195 e. The first-order valence-electron chi connectivity index (χ1n) is 9.32. The van der Waals surface area contributed by atoms with Gasteiger partial charge in [0, 0.05) is 21.6 Å². The fraction of sp³-hybridized carbons (Fsp3) is 0.0400. The Morgan fingerprint density at radius 2 is 1.40 bits per heavy atom. The van der Waals surface area contributed by atoms with Gasteiger partial charge in [-0.1, -0.05) is 72.8 Å². The fourth-order valence-electron chi connectivity index (χ4n) is 2.98. The van der Waals surface area contributed by atoms with Crippen LogP contribution in [0.2, 0.25) is 0 Å². The van der Waals surface area contributed by atoms with E-state index in [-0.39, 0.29) is 23.1 Å². The van der Waals surface area contributed by atoms with Gasteiger partial charge in [0.2, 0.25) is 0 Å². The van der Waals surface area contributed by atoms with Crippen molar-refractivity contribution in [2.75, 3.05) is 5.75 Å². The first-order valence-corrected chi connectivity index (χ1v) is 11.1. The van der Waals surface area contributed by atoms with Crippen molar-refractivity contribution in [1.82, 2.24) is 0 Å². The molecule has 3 aromatic carbocycles. The van der Waals surface area contributed by atoms with E-state index >= 15 is 0 Å². The molecule has 0 saturated carbocycles. The molecular formula is C25H17FO2S2. The second kappa shape index (κ2) is 9.20. The van der Waals surface area contributed by atoms with E-state index in [0.29, 0.717) is 16.7 Å². The number of Topliss-reactive ketones (excluding diaryl/α,β-unsaturated/α-hetero) is 1. The smallest absolute Gasteiger partial charge is 0.195 e. The van der Waals surface area contributed by atoms with E-state index in [1.807, 2.05) is 42.5 Å². The largest absolute Gasteiger partial charge is 0.293 e. The molecule has 4 rings (SSSR count). The maximum absolute atomic E-state index is 13.3. The average molecular weight is 433 g/mol. The summed E-state index contributed by atoms with van der Waals surface area (Å²) >= 11 is 2.81. The molecule has 0 aliphatic carbocycles. The Morgan fingerprint density at radius 1 is 0.800 bits per heavy atom. The average Bonchev–Trinajstić information content (AvgIpc) is 3.23.